The smallest absolute Gasteiger partial charge is 0.341 e. The number of carbonyl (C=O) groups is 1. The SMILES string of the molecule is COCCOCOc1cc2ccccc2cc1C(=O)OC. The van der Waals surface area contributed by atoms with Gasteiger partial charge >= 0.3 is 5.97 Å². The number of esters is 1. The van der Waals surface area contributed by atoms with Gasteiger partial charge in [0.25, 0.3) is 0 Å². The predicted octanol–water partition coefficient (Wildman–Crippen LogP) is 2.63. The van der Waals surface area contributed by atoms with Crippen molar-refractivity contribution in [2.75, 3.05) is 34.2 Å². The van der Waals surface area contributed by atoms with Gasteiger partial charge < -0.3 is 18.9 Å². The van der Waals surface area contributed by atoms with Crippen LogP contribution in [-0.2, 0) is 14.2 Å². The fraction of sp³-hybridized carbons (Fsp3) is 0.312. The van der Waals surface area contributed by atoms with Crippen molar-refractivity contribution in [2.45, 2.75) is 0 Å². The van der Waals surface area contributed by atoms with Crippen molar-refractivity contribution < 1.29 is 23.7 Å². The summed E-state index contributed by atoms with van der Waals surface area (Å²) in [6.45, 7) is 0.967. The van der Waals surface area contributed by atoms with E-state index in [1.165, 1.54) is 7.11 Å². The molecule has 112 valence electrons. The average molecular weight is 290 g/mol. The molecule has 5 nitrogen and oxygen atoms in total. The Kier molecular flexibility index (Phi) is 5.54. The quantitative estimate of drug-likeness (QED) is 0.446. The zero-order chi connectivity index (χ0) is 15.1. The normalized spacial score (nSPS) is 10.6. The maximum Gasteiger partial charge on any atom is 0.341 e. The highest BCUT2D eigenvalue weighted by Gasteiger charge is 2.14. The molecule has 0 bridgehead atoms. The highest BCUT2D eigenvalue weighted by atomic mass is 16.7. The van der Waals surface area contributed by atoms with Crippen molar-refractivity contribution in [3.8, 4) is 5.75 Å². The first-order chi connectivity index (χ1) is 10.3. The number of carbonyl (C=O) groups excluding carboxylic acids is 1. The standard InChI is InChI=1S/C16H18O5/c1-18-7-8-20-11-21-15-10-13-6-4-3-5-12(13)9-14(15)16(17)19-2/h3-6,9-10H,7-8,11H2,1-2H3. The highest BCUT2D eigenvalue weighted by molar-refractivity contribution is 5.98. The van der Waals surface area contributed by atoms with E-state index >= 15 is 0 Å². The Hall–Kier alpha value is -2.11. The molecule has 0 N–H and O–H groups in total. The first kappa shape index (κ1) is 15.3. The summed E-state index contributed by atoms with van der Waals surface area (Å²) in [5.41, 5.74) is 0.381. The minimum atomic E-state index is -0.437. The van der Waals surface area contributed by atoms with E-state index in [2.05, 4.69) is 0 Å². The molecule has 0 unspecified atom stereocenters. The van der Waals surface area contributed by atoms with Gasteiger partial charge in [-0.2, -0.15) is 0 Å². The molecule has 0 fully saturated rings. The van der Waals surface area contributed by atoms with Crippen molar-refractivity contribution in [1.29, 1.82) is 0 Å². The first-order valence-corrected chi connectivity index (χ1v) is 6.57. The Labute approximate surface area is 123 Å². The molecule has 0 amide bonds. The van der Waals surface area contributed by atoms with E-state index in [0.717, 1.165) is 10.8 Å². The first-order valence-electron chi connectivity index (χ1n) is 6.57. The maximum absolute atomic E-state index is 11.9. The van der Waals surface area contributed by atoms with Crippen LogP contribution in [0.2, 0.25) is 0 Å². The highest BCUT2D eigenvalue weighted by Crippen LogP contribution is 2.26. The number of hydrogen-bond acceptors (Lipinski definition) is 5. The summed E-state index contributed by atoms with van der Waals surface area (Å²) in [6, 6.07) is 11.3. The molecule has 0 heterocycles. The summed E-state index contributed by atoms with van der Waals surface area (Å²) >= 11 is 0. The second-order valence-electron chi connectivity index (χ2n) is 4.35. The van der Waals surface area contributed by atoms with Crippen LogP contribution in [-0.4, -0.2) is 40.2 Å². The third-order valence-electron chi connectivity index (χ3n) is 2.98. The summed E-state index contributed by atoms with van der Waals surface area (Å²) in [4.78, 5) is 11.9. The van der Waals surface area contributed by atoms with Gasteiger partial charge in [-0.25, -0.2) is 4.79 Å². The molecular formula is C16H18O5. The van der Waals surface area contributed by atoms with Crippen LogP contribution >= 0.6 is 0 Å². The third-order valence-corrected chi connectivity index (χ3v) is 2.98. The summed E-state index contributed by atoms with van der Waals surface area (Å²) < 4.78 is 20.5. The molecule has 0 saturated carbocycles. The van der Waals surface area contributed by atoms with Crippen LogP contribution in [0.1, 0.15) is 10.4 Å². The predicted molar refractivity (Wildman–Crippen MR) is 78.6 cm³/mol. The fourth-order valence-corrected chi connectivity index (χ4v) is 1.91. The Morgan fingerprint density at radius 1 is 1.05 bits per heavy atom. The molecule has 0 aliphatic carbocycles. The lowest BCUT2D eigenvalue weighted by molar-refractivity contribution is -0.00900. The molecule has 0 spiro atoms. The van der Waals surface area contributed by atoms with Crippen LogP contribution in [0.4, 0.5) is 0 Å². The van der Waals surface area contributed by atoms with E-state index in [4.69, 9.17) is 18.9 Å². The van der Waals surface area contributed by atoms with Crippen molar-refractivity contribution in [1.82, 2.24) is 0 Å². The van der Waals surface area contributed by atoms with Crippen molar-refractivity contribution in [3.05, 3.63) is 42.0 Å². The van der Waals surface area contributed by atoms with Gasteiger partial charge in [-0.15, -0.1) is 0 Å². The number of hydrogen-bond donors (Lipinski definition) is 0. The van der Waals surface area contributed by atoms with Gasteiger partial charge in [0.05, 0.1) is 20.3 Å². The van der Waals surface area contributed by atoms with Crippen LogP contribution in [0.3, 0.4) is 0 Å². The minimum Gasteiger partial charge on any atom is -0.467 e. The molecular weight excluding hydrogens is 272 g/mol. The molecule has 0 aliphatic rings. The van der Waals surface area contributed by atoms with E-state index in [1.54, 1.807) is 19.2 Å². The molecule has 21 heavy (non-hydrogen) atoms. The summed E-state index contributed by atoms with van der Waals surface area (Å²) in [6.07, 6.45) is 0. The van der Waals surface area contributed by atoms with Crippen LogP contribution in [0, 0.1) is 0 Å². The number of rotatable bonds is 7. The Morgan fingerprint density at radius 3 is 2.43 bits per heavy atom. The Bertz CT molecular complexity index is 609. The zero-order valence-corrected chi connectivity index (χ0v) is 12.1. The van der Waals surface area contributed by atoms with E-state index in [9.17, 15) is 4.79 Å². The van der Waals surface area contributed by atoms with Crippen LogP contribution in [0.15, 0.2) is 36.4 Å². The summed E-state index contributed by atoms with van der Waals surface area (Å²) in [5, 5.41) is 1.93. The third kappa shape index (κ3) is 3.93. The van der Waals surface area contributed by atoms with Crippen molar-refractivity contribution in [3.63, 3.8) is 0 Å². The number of fused-ring (bicyclic) bond motifs is 1. The molecule has 2 rings (SSSR count). The van der Waals surface area contributed by atoms with Gasteiger partial charge in [-0.3, -0.25) is 0 Å². The van der Waals surface area contributed by atoms with Crippen molar-refractivity contribution >= 4 is 16.7 Å². The lowest BCUT2D eigenvalue weighted by atomic mass is 10.1. The Morgan fingerprint density at radius 2 is 1.76 bits per heavy atom. The zero-order valence-electron chi connectivity index (χ0n) is 12.1. The van der Waals surface area contributed by atoms with Crippen LogP contribution in [0.25, 0.3) is 10.8 Å². The van der Waals surface area contributed by atoms with Crippen molar-refractivity contribution in [2.24, 2.45) is 0 Å². The van der Waals surface area contributed by atoms with Gasteiger partial charge in [0.2, 0.25) is 0 Å². The van der Waals surface area contributed by atoms with Crippen LogP contribution in [0.5, 0.6) is 5.75 Å². The monoisotopic (exact) mass is 290 g/mol. The average Bonchev–Trinajstić information content (AvgIpc) is 2.53. The largest absolute Gasteiger partial charge is 0.467 e. The minimum absolute atomic E-state index is 0.0473. The van der Waals surface area contributed by atoms with E-state index < -0.39 is 5.97 Å². The second kappa shape index (κ2) is 7.61. The van der Waals surface area contributed by atoms with E-state index in [1.807, 2.05) is 24.3 Å². The number of benzene rings is 2. The van der Waals surface area contributed by atoms with Gasteiger partial charge in [-0.1, -0.05) is 24.3 Å². The Balaban J connectivity index is 2.20. The maximum atomic E-state index is 11.9. The lowest BCUT2D eigenvalue weighted by Gasteiger charge is -2.12. The number of ether oxygens (including phenoxy) is 4. The van der Waals surface area contributed by atoms with Gasteiger partial charge in [-0.05, 0) is 22.9 Å². The second-order valence-corrected chi connectivity index (χ2v) is 4.35. The number of methoxy groups -OCH3 is 2. The molecule has 0 aliphatic heterocycles. The summed E-state index contributed by atoms with van der Waals surface area (Å²) in [7, 11) is 2.94. The molecule has 0 saturated heterocycles. The molecule has 0 aromatic heterocycles. The topological polar surface area (TPSA) is 54.0 Å². The molecule has 2 aromatic carbocycles. The van der Waals surface area contributed by atoms with Crippen LogP contribution < -0.4 is 4.74 Å². The van der Waals surface area contributed by atoms with Gasteiger partial charge in [0.15, 0.2) is 6.79 Å². The molecule has 2 aromatic rings. The molecule has 0 atom stereocenters. The molecule has 0 radical (unpaired) electrons. The summed E-state index contributed by atoms with van der Waals surface area (Å²) in [5.74, 6) is 0.00520. The van der Waals surface area contributed by atoms with Gasteiger partial charge in [0.1, 0.15) is 11.3 Å². The van der Waals surface area contributed by atoms with E-state index in [-0.39, 0.29) is 6.79 Å². The van der Waals surface area contributed by atoms with Gasteiger partial charge in [0, 0.05) is 7.11 Å². The molecule has 5 heteroatoms. The fourth-order valence-electron chi connectivity index (χ4n) is 1.91. The van der Waals surface area contributed by atoms with E-state index in [0.29, 0.717) is 24.5 Å². The lowest BCUT2D eigenvalue weighted by Crippen LogP contribution is -2.11.